The lowest BCUT2D eigenvalue weighted by Crippen LogP contribution is -2.62. The van der Waals surface area contributed by atoms with Gasteiger partial charge in [0.05, 0.1) is 60.1 Å². The monoisotopic (exact) mass is 1040 g/mol. The third kappa shape index (κ3) is 13.0. The van der Waals surface area contributed by atoms with E-state index in [1.54, 1.807) is 47.7 Å². The van der Waals surface area contributed by atoms with Gasteiger partial charge in [-0.15, -0.1) is 0 Å². The number of cyclic esters (lactones) is 1. The summed E-state index contributed by atoms with van der Waals surface area (Å²) in [6.45, 7) is 21.5. The fourth-order valence-corrected chi connectivity index (χ4v) is 11.7. The number of pyridine rings is 1. The molecule has 0 aliphatic carbocycles. The molecule has 1 aromatic carbocycles. The number of esters is 3. The number of alkyl carbamates (subject to hydrolysis) is 1. The number of amides is 1. The van der Waals surface area contributed by atoms with Gasteiger partial charge >= 0.3 is 24.0 Å². The summed E-state index contributed by atoms with van der Waals surface area (Å²) in [4.78, 5) is 75.9. The number of methoxy groups -OCH3 is 1. The van der Waals surface area contributed by atoms with Crippen molar-refractivity contribution in [3.8, 4) is 0 Å². The Morgan fingerprint density at radius 1 is 0.865 bits per heavy atom. The number of likely N-dealkylation sites (N-methyl/N-ethyl adjacent to an activating group) is 1. The minimum Gasteiger partial charge on any atom is -0.458 e. The second kappa shape index (κ2) is 24.6. The molecule has 0 spiro atoms. The maximum atomic E-state index is 15.0. The lowest BCUT2D eigenvalue weighted by atomic mass is 9.73. The zero-order valence-electron chi connectivity index (χ0n) is 46.2. The van der Waals surface area contributed by atoms with E-state index in [1.165, 1.54) is 7.11 Å². The number of para-hydroxylation sites is 1. The van der Waals surface area contributed by atoms with E-state index in [0.29, 0.717) is 6.42 Å². The van der Waals surface area contributed by atoms with Gasteiger partial charge in [0.25, 0.3) is 0 Å². The lowest BCUT2D eigenvalue weighted by Gasteiger charge is -2.50. The van der Waals surface area contributed by atoms with Gasteiger partial charge < -0.3 is 57.6 Å². The third-order valence-electron chi connectivity index (χ3n) is 15.9. The first-order valence-electron chi connectivity index (χ1n) is 26.5. The largest absolute Gasteiger partial charge is 0.458 e. The van der Waals surface area contributed by atoms with Crippen LogP contribution >= 0.6 is 0 Å². The number of fused-ring (bicyclic) bond motifs is 2. The minimum absolute atomic E-state index is 0.0298. The molecule has 4 aliphatic heterocycles. The van der Waals surface area contributed by atoms with Crippen LogP contribution in [0.3, 0.4) is 0 Å². The van der Waals surface area contributed by atoms with Crippen molar-refractivity contribution in [2.75, 3.05) is 27.8 Å². The van der Waals surface area contributed by atoms with Crippen molar-refractivity contribution in [1.29, 1.82) is 0 Å². The number of hydrogen-bond acceptors (Lipinski definition) is 17. The Kier molecular flexibility index (Phi) is 19.5. The summed E-state index contributed by atoms with van der Waals surface area (Å²) in [5.41, 5.74) is -2.25. The minimum atomic E-state index is -1.44. The molecule has 4 saturated heterocycles. The van der Waals surface area contributed by atoms with Crippen LogP contribution in [0.1, 0.15) is 127 Å². The van der Waals surface area contributed by atoms with Gasteiger partial charge in [-0.1, -0.05) is 71.9 Å². The zero-order chi connectivity index (χ0) is 54.4. The van der Waals surface area contributed by atoms with Crippen LogP contribution in [-0.2, 0) is 66.5 Å². The Bertz CT molecular complexity index is 2310. The Morgan fingerprint density at radius 3 is 2.22 bits per heavy atom. The van der Waals surface area contributed by atoms with E-state index in [4.69, 9.17) is 47.4 Å². The maximum Gasteiger partial charge on any atom is 0.408 e. The number of carbonyl (C=O) groups excluding carboxylic acids is 5. The van der Waals surface area contributed by atoms with Gasteiger partial charge in [-0.3, -0.25) is 24.2 Å². The first-order chi connectivity index (χ1) is 34.9. The molecule has 1 amide bonds. The lowest BCUT2D eigenvalue weighted by molar-refractivity contribution is -0.321. The number of aromatic nitrogens is 1. The van der Waals surface area contributed by atoms with Crippen molar-refractivity contribution in [2.45, 2.75) is 206 Å². The van der Waals surface area contributed by atoms with E-state index in [-0.39, 0.29) is 56.6 Å². The summed E-state index contributed by atoms with van der Waals surface area (Å²) >= 11 is 0. The topological polar surface area (TPSA) is 206 Å². The molecular formula is C56H83N3O15. The average molecular weight is 1040 g/mol. The van der Waals surface area contributed by atoms with E-state index in [9.17, 15) is 14.4 Å². The van der Waals surface area contributed by atoms with Crippen molar-refractivity contribution >= 4 is 46.8 Å². The number of hydrogen-bond donors (Lipinski definition) is 1. The Hall–Kier alpha value is -4.56. The van der Waals surface area contributed by atoms with E-state index < -0.39 is 120 Å². The molecule has 4 aliphatic rings. The van der Waals surface area contributed by atoms with Gasteiger partial charge in [0, 0.05) is 55.7 Å². The quantitative estimate of drug-likeness (QED) is 0.134. The Labute approximate surface area is 437 Å². The van der Waals surface area contributed by atoms with Crippen molar-refractivity contribution in [3.05, 3.63) is 48.2 Å². The number of ketones is 1. The molecule has 0 saturated carbocycles. The molecule has 412 valence electrons. The Morgan fingerprint density at radius 2 is 1.55 bits per heavy atom. The molecule has 18 atom stereocenters. The molecule has 0 bridgehead atoms. The van der Waals surface area contributed by atoms with Crippen molar-refractivity contribution in [1.82, 2.24) is 15.2 Å². The average Bonchev–Trinajstić information content (AvgIpc) is 3.69. The summed E-state index contributed by atoms with van der Waals surface area (Å²) in [7, 11) is 5.35. The van der Waals surface area contributed by atoms with Crippen LogP contribution in [0.15, 0.2) is 42.6 Å². The molecule has 4 fully saturated rings. The van der Waals surface area contributed by atoms with Crippen LogP contribution in [0.2, 0.25) is 0 Å². The van der Waals surface area contributed by atoms with Gasteiger partial charge in [-0.05, 0) is 92.6 Å². The first kappa shape index (κ1) is 58.7. The number of nitrogens with one attached hydrogen (secondary N) is 1. The highest BCUT2D eigenvalue weighted by Gasteiger charge is 2.58. The highest BCUT2D eigenvalue weighted by atomic mass is 16.7. The molecule has 2 aromatic rings. The van der Waals surface area contributed by atoms with Crippen molar-refractivity contribution < 1.29 is 71.3 Å². The highest BCUT2D eigenvalue weighted by Crippen LogP contribution is 2.44. The molecule has 18 nitrogen and oxygen atoms in total. The van der Waals surface area contributed by atoms with Crippen molar-refractivity contribution in [3.63, 3.8) is 0 Å². The first-order valence-corrected chi connectivity index (χ1v) is 26.5. The molecule has 5 heterocycles. The molecule has 74 heavy (non-hydrogen) atoms. The molecule has 18 heteroatoms. The molecule has 1 aromatic heterocycles. The van der Waals surface area contributed by atoms with Gasteiger partial charge in [0.2, 0.25) is 0 Å². The number of Topliss-reactive ketones (excluding diaryl/α,β-unsaturated/α-hetero) is 1. The number of ether oxygens (including phenoxy) is 10. The summed E-state index contributed by atoms with van der Waals surface area (Å²) in [5.74, 6) is -5.18. The Balaban J connectivity index is 1.52. The summed E-state index contributed by atoms with van der Waals surface area (Å²) < 4.78 is 65.4. The second-order valence-corrected chi connectivity index (χ2v) is 21.8. The van der Waals surface area contributed by atoms with Gasteiger partial charge in [0.15, 0.2) is 30.4 Å². The fraction of sp³-hybridized carbons (Fsp3) is 0.714. The van der Waals surface area contributed by atoms with Crippen LogP contribution in [-0.4, -0.2) is 152 Å². The number of nitrogens with zero attached hydrogens (tertiary/aromatic N) is 2. The predicted molar refractivity (Wildman–Crippen MR) is 274 cm³/mol. The second-order valence-electron chi connectivity index (χ2n) is 21.8. The number of rotatable bonds is 15. The van der Waals surface area contributed by atoms with Crippen LogP contribution in [0, 0.1) is 23.7 Å². The molecular weight excluding hydrogens is 955 g/mol. The van der Waals surface area contributed by atoms with E-state index in [0.717, 1.165) is 16.5 Å². The van der Waals surface area contributed by atoms with Gasteiger partial charge in [-0.2, -0.15) is 0 Å². The summed E-state index contributed by atoms with van der Waals surface area (Å²) in [6.07, 6.45) is -2.17. The van der Waals surface area contributed by atoms with Crippen LogP contribution in [0.4, 0.5) is 4.79 Å². The fourth-order valence-electron chi connectivity index (χ4n) is 11.7. The normalized spacial score (nSPS) is 38.4. The summed E-state index contributed by atoms with van der Waals surface area (Å²) in [5, 5.41) is 3.85. The van der Waals surface area contributed by atoms with E-state index in [1.807, 2.05) is 103 Å². The highest BCUT2D eigenvalue weighted by molar-refractivity contribution is 5.85. The molecule has 0 unspecified atom stereocenters. The van der Waals surface area contributed by atoms with E-state index >= 15 is 9.59 Å². The third-order valence-corrected chi connectivity index (χ3v) is 15.9. The summed E-state index contributed by atoms with van der Waals surface area (Å²) in [6, 6.07) is 8.65. The van der Waals surface area contributed by atoms with Gasteiger partial charge in [-0.25, -0.2) is 4.79 Å². The number of carbonyl (C=O) groups is 5. The predicted octanol–water partition coefficient (Wildman–Crippen LogP) is 7.75. The molecule has 6 rings (SSSR count). The van der Waals surface area contributed by atoms with Crippen LogP contribution in [0.5, 0.6) is 0 Å². The standard InChI is InChI=1S/C56H83N3O15/c1-16-41-56(12)48(58-53(64)74-56)33(6)45(62)31(4)28-55(11,66-25-21-22-37-27-38-23-19-20-24-39(38)57-30-37)49(73-52-47(70-42(60)17-2)40(59(13)14)26-32(5)67-52)34(7)46(35(8)51(63)69-41)72-44-29-54(10,65-15)50(36(9)68-44)71-43(61)18-3/h19-24,27,30-36,40-41,44,46-50,52H,16-18,25-26,28-29H2,1-15H3,(H,58,64)/b22-21+/t31-,32-,33-,34+,35-,36+,40+,41+,44+,46+,47-,48-,49-,50+,52+,54-,55+,56-/m1/s1. The van der Waals surface area contributed by atoms with Gasteiger partial charge in [0.1, 0.15) is 17.5 Å². The smallest absolute Gasteiger partial charge is 0.408 e. The van der Waals surface area contributed by atoms with Crippen LogP contribution < -0.4 is 5.32 Å². The van der Waals surface area contributed by atoms with Crippen molar-refractivity contribution in [2.24, 2.45) is 23.7 Å². The molecule has 0 radical (unpaired) electrons. The van der Waals surface area contributed by atoms with E-state index in [2.05, 4.69) is 10.3 Å². The molecule has 1 N–H and O–H groups in total. The SMILES string of the molecule is CCC(=O)O[C@H]1[C@H](O[C@@H]2[C@@H](C)[C@H](O[C@H]3C[C@@](C)(OC)[C@@H](OC(=O)CC)[C@H](C)O3)[C@@H](C)C(=O)O[C@@H](CC)[C@@]3(C)OC(=O)N[C@@H]3[C@H](C)C(=O)[C@H](C)C[C@]2(C)OC/C=C/c2cnc3ccccc3c2)O[C@H](C)C[C@@H]1N(C)C. The van der Waals surface area contributed by atoms with Crippen LogP contribution in [0.25, 0.3) is 17.0 Å². The zero-order valence-corrected chi connectivity index (χ0v) is 46.2. The maximum absolute atomic E-state index is 15.0. The number of benzene rings is 1.